The van der Waals surface area contributed by atoms with Gasteiger partial charge in [-0.1, -0.05) is 11.6 Å². The highest BCUT2D eigenvalue weighted by atomic mass is 16.7. The fourth-order valence-electron chi connectivity index (χ4n) is 1.51. The summed E-state index contributed by atoms with van der Waals surface area (Å²) in [5.41, 5.74) is 0.973. The number of carbonyl (C=O) groups excluding carboxylic acids is 1. The quantitative estimate of drug-likeness (QED) is 0.533. The molecule has 0 aromatic rings. The van der Waals surface area contributed by atoms with Crippen molar-refractivity contribution in [2.75, 3.05) is 0 Å². The van der Waals surface area contributed by atoms with Crippen molar-refractivity contribution < 1.29 is 9.63 Å². The van der Waals surface area contributed by atoms with Crippen LogP contribution < -0.4 is 0 Å². The zero-order chi connectivity index (χ0) is 7.84. The lowest BCUT2D eigenvalue weighted by molar-refractivity contribution is -0.142. The topological polar surface area (TPSA) is 38.7 Å². The number of hydrogen-bond donors (Lipinski definition) is 0. The minimum Gasteiger partial charge on any atom is -0.318 e. The van der Waals surface area contributed by atoms with E-state index < -0.39 is 0 Å². The van der Waals surface area contributed by atoms with E-state index >= 15 is 0 Å². The van der Waals surface area contributed by atoms with Crippen LogP contribution in [-0.2, 0) is 9.63 Å². The van der Waals surface area contributed by atoms with Gasteiger partial charge in [0.25, 0.3) is 0 Å². The molecule has 0 N–H and O–H groups in total. The third kappa shape index (κ3) is 0.951. The summed E-state index contributed by atoms with van der Waals surface area (Å²) in [5, 5.41) is 3.79. The molecule has 3 heteroatoms. The average Bonchev–Trinajstić information content (AvgIpc) is 2.15. The molecule has 1 fully saturated rings. The Morgan fingerprint density at radius 1 is 1.55 bits per heavy atom. The Hall–Kier alpha value is -0.860. The highest BCUT2D eigenvalue weighted by Gasteiger charge is 2.36. The van der Waals surface area contributed by atoms with Crippen LogP contribution in [0.3, 0.4) is 0 Å². The van der Waals surface area contributed by atoms with Gasteiger partial charge in [-0.15, -0.1) is 0 Å². The fourth-order valence-corrected chi connectivity index (χ4v) is 1.51. The van der Waals surface area contributed by atoms with Crippen LogP contribution in [0.15, 0.2) is 5.16 Å². The zero-order valence-electron chi connectivity index (χ0n) is 6.54. The van der Waals surface area contributed by atoms with Crippen LogP contribution in [0.4, 0.5) is 0 Å². The van der Waals surface area contributed by atoms with Crippen LogP contribution in [0.1, 0.15) is 26.2 Å². The molecule has 0 aromatic carbocycles. The van der Waals surface area contributed by atoms with E-state index in [-0.39, 0.29) is 11.9 Å². The highest BCUT2D eigenvalue weighted by Crippen LogP contribution is 2.32. The SMILES string of the molecule is CC1C(=O)ON=C1C1CCC1. The number of hydrogen-bond acceptors (Lipinski definition) is 3. The molecule has 2 rings (SSSR count). The van der Waals surface area contributed by atoms with E-state index in [9.17, 15) is 4.79 Å². The normalized spacial score (nSPS) is 31.2. The molecule has 11 heavy (non-hydrogen) atoms. The molecule has 1 heterocycles. The van der Waals surface area contributed by atoms with Crippen molar-refractivity contribution in [3.63, 3.8) is 0 Å². The second kappa shape index (κ2) is 2.32. The molecule has 1 saturated carbocycles. The van der Waals surface area contributed by atoms with Crippen LogP contribution in [0, 0.1) is 11.8 Å². The first-order chi connectivity index (χ1) is 5.29. The van der Waals surface area contributed by atoms with E-state index in [0.29, 0.717) is 5.92 Å². The van der Waals surface area contributed by atoms with Crippen molar-refractivity contribution in [3.8, 4) is 0 Å². The van der Waals surface area contributed by atoms with Crippen molar-refractivity contribution in [3.05, 3.63) is 0 Å². The van der Waals surface area contributed by atoms with Gasteiger partial charge in [0.2, 0.25) is 0 Å². The Balaban J connectivity index is 2.08. The van der Waals surface area contributed by atoms with Gasteiger partial charge in [0.15, 0.2) is 0 Å². The van der Waals surface area contributed by atoms with Gasteiger partial charge in [-0.05, 0) is 19.8 Å². The summed E-state index contributed by atoms with van der Waals surface area (Å²) in [6.45, 7) is 1.87. The first kappa shape index (κ1) is 6.83. The van der Waals surface area contributed by atoms with Gasteiger partial charge >= 0.3 is 5.97 Å². The molecule has 0 bridgehead atoms. The van der Waals surface area contributed by atoms with Crippen LogP contribution in [0.5, 0.6) is 0 Å². The summed E-state index contributed by atoms with van der Waals surface area (Å²) in [4.78, 5) is 15.5. The molecule has 60 valence electrons. The maximum Gasteiger partial charge on any atom is 0.343 e. The summed E-state index contributed by atoms with van der Waals surface area (Å²) in [6, 6.07) is 0. The maximum absolute atomic E-state index is 10.9. The molecule has 1 atom stereocenters. The Labute approximate surface area is 65.4 Å². The summed E-state index contributed by atoms with van der Waals surface area (Å²) < 4.78 is 0. The van der Waals surface area contributed by atoms with E-state index in [1.165, 1.54) is 19.3 Å². The number of carbonyl (C=O) groups is 1. The molecule has 2 aliphatic rings. The van der Waals surface area contributed by atoms with Crippen LogP contribution in [0.2, 0.25) is 0 Å². The molecule has 0 radical (unpaired) electrons. The molecular weight excluding hydrogens is 142 g/mol. The average molecular weight is 153 g/mol. The number of oxime groups is 1. The molecule has 0 spiro atoms. The van der Waals surface area contributed by atoms with Gasteiger partial charge in [-0.3, -0.25) is 0 Å². The Kier molecular flexibility index (Phi) is 1.44. The Morgan fingerprint density at radius 2 is 2.27 bits per heavy atom. The third-order valence-corrected chi connectivity index (χ3v) is 2.56. The van der Waals surface area contributed by atoms with Crippen molar-refractivity contribution >= 4 is 11.7 Å². The van der Waals surface area contributed by atoms with Gasteiger partial charge in [-0.2, -0.15) is 0 Å². The van der Waals surface area contributed by atoms with E-state index in [1.54, 1.807) is 0 Å². The Morgan fingerprint density at radius 3 is 2.64 bits per heavy atom. The van der Waals surface area contributed by atoms with E-state index in [2.05, 4.69) is 9.99 Å². The molecule has 0 saturated heterocycles. The standard InChI is InChI=1S/C8H11NO2/c1-5-7(6-3-2-4-6)9-11-8(5)10/h5-6H,2-4H2,1H3. The van der Waals surface area contributed by atoms with Crippen LogP contribution >= 0.6 is 0 Å². The fraction of sp³-hybridized carbons (Fsp3) is 0.750. The summed E-state index contributed by atoms with van der Waals surface area (Å²) in [5.74, 6) is 0.267. The van der Waals surface area contributed by atoms with Gasteiger partial charge in [-0.25, -0.2) is 4.79 Å². The van der Waals surface area contributed by atoms with E-state index in [4.69, 9.17) is 0 Å². The third-order valence-electron chi connectivity index (χ3n) is 2.56. The van der Waals surface area contributed by atoms with Crippen molar-refractivity contribution in [1.82, 2.24) is 0 Å². The molecule has 3 nitrogen and oxygen atoms in total. The predicted octanol–water partition coefficient (Wildman–Crippen LogP) is 1.34. The monoisotopic (exact) mass is 153 g/mol. The number of nitrogens with zero attached hydrogens (tertiary/aromatic N) is 1. The summed E-state index contributed by atoms with van der Waals surface area (Å²) >= 11 is 0. The largest absolute Gasteiger partial charge is 0.343 e. The molecule has 0 aromatic heterocycles. The minimum atomic E-state index is -0.188. The van der Waals surface area contributed by atoms with E-state index in [0.717, 1.165) is 5.71 Å². The molecular formula is C8H11NO2. The lowest BCUT2D eigenvalue weighted by Crippen LogP contribution is -2.27. The lowest BCUT2D eigenvalue weighted by atomic mass is 9.78. The lowest BCUT2D eigenvalue weighted by Gasteiger charge is -2.25. The predicted molar refractivity (Wildman–Crippen MR) is 40.0 cm³/mol. The van der Waals surface area contributed by atoms with Gasteiger partial charge < -0.3 is 4.84 Å². The van der Waals surface area contributed by atoms with Gasteiger partial charge in [0.05, 0.1) is 11.6 Å². The van der Waals surface area contributed by atoms with Crippen molar-refractivity contribution in [1.29, 1.82) is 0 Å². The van der Waals surface area contributed by atoms with Crippen LogP contribution in [0.25, 0.3) is 0 Å². The molecule has 0 amide bonds. The summed E-state index contributed by atoms with van der Waals surface area (Å²) in [6.07, 6.45) is 3.63. The first-order valence-electron chi connectivity index (χ1n) is 4.07. The van der Waals surface area contributed by atoms with E-state index in [1.807, 2.05) is 6.92 Å². The molecule has 1 aliphatic carbocycles. The Bertz CT molecular complexity index is 218. The van der Waals surface area contributed by atoms with Gasteiger partial charge in [0, 0.05) is 5.92 Å². The van der Waals surface area contributed by atoms with Gasteiger partial charge in [0.1, 0.15) is 0 Å². The smallest absolute Gasteiger partial charge is 0.318 e. The highest BCUT2D eigenvalue weighted by molar-refractivity contribution is 6.05. The second-order valence-electron chi connectivity index (χ2n) is 3.28. The molecule has 1 aliphatic heterocycles. The van der Waals surface area contributed by atoms with Crippen molar-refractivity contribution in [2.24, 2.45) is 17.0 Å². The first-order valence-corrected chi connectivity index (χ1v) is 4.07. The molecule has 1 unspecified atom stereocenters. The van der Waals surface area contributed by atoms with Crippen LogP contribution in [-0.4, -0.2) is 11.7 Å². The maximum atomic E-state index is 10.9. The van der Waals surface area contributed by atoms with Crippen molar-refractivity contribution in [2.45, 2.75) is 26.2 Å². The second-order valence-corrected chi connectivity index (χ2v) is 3.28. The summed E-state index contributed by atoms with van der Waals surface area (Å²) in [7, 11) is 0. The number of rotatable bonds is 1. The zero-order valence-corrected chi connectivity index (χ0v) is 6.54. The minimum absolute atomic E-state index is 0.0831.